The number of hydrogen-bond donors (Lipinski definition) is 0. The SMILES string of the molecule is O=C(C=Cc1ccc2ccccc2n1)c1ccc(C(=O)N2CCN(c3cccc(Cl)c3)CC2)cc1. The van der Waals surface area contributed by atoms with E-state index in [2.05, 4.69) is 9.88 Å². The lowest BCUT2D eigenvalue weighted by Crippen LogP contribution is -2.48. The largest absolute Gasteiger partial charge is 0.368 e. The number of amides is 1. The molecule has 1 saturated heterocycles. The second-order valence-corrected chi connectivity index (χ2v) is 8.90. The Hall–Kier alpha value is -3.96. The Labute approximate surface area is 209 Å². The Morgan fingerprint density at radius 1 is 0.800 bits per heavy atom. The number of nitrogens with zero attached hydrogens (tertiary/aromatic N) is 3. The quantitative estimate of drug-likeness (QED) is 0.269. The van der Waals surface area contributed by atoms with Gasteiger partial charge in [-0.05, 0) is 54.6 Å². The number of aromatic nitrogens is 1. The van der Waals surface area contributed by atoms with E-state index in [1.54, 1.807) is 30.3 Å². The summed E-state index contributed by atoms with van der Waals surface area (Å²) >= 11 is 6.11. The summed E-state index contributed by atoms with van der Waals surface area (Å²) in [5.41, 5.74) is 3.79. The lowest BCUT2D eigenvalue weighted by Gasteiger charge is -2.36. The van der Waals surface area contributed by atoms with Gasteiger partial charge in [0.25, 0.3) is 5.91 Å². The van der Waals surface area contributed by atoms with Crippen LogP contribution < -0.4 is 4.90 Å². The molecule has 0 aliphatic carbocycles. The summed E-state index contributed by atoms with van der Waals surface area (Å²) < 4.78 is 0. The molecule has 0 saturated carbocycles. The van der Waals surface area contributed by atoms with Crippen molar-refractivity contribution in [3.8, 4) is 0 Å². The summed E-state index contributed by atoms with van der Waals surface area (Å²) in [6.45, 7) is 2.76. The van der Waals surface area contributed by atoms with Gasteiger partial charge in [0.1, 0.15) is 0 Å². The van der Waals surface area contributed by atoms with Crippen molar-refractivity contribution in [2.45, 2.75) is 0 Å². The Morgan fingerprint density at radius 3 is 2.31 bits per heavy atom. The number of fused-ring (bicyclic) bond motifs is 1. The second-order valence-electron chi connectivity index (χ2n) is 8.46. The molecule has 6 heteroatoms. The molecule has 1 fully saturated rings. The molecule has 1 aliphatic rings. The van der Waals surface area contributed by atoms with Crippen LogP contribution in [-0.4, -0.2) is 47.8 Å². The van der Waals surface area contributed by atoms with Crippen LogP contribution in [0.5, 0.6) is 0 Å². The highest BCUT2D eigenvalue weighted by atomic mass is 35.5. The van der Waals surface area contributed by atoms with E-state index in [0.29, 0.717) is 29.2 Å². The van der Waals surface area contributed by atoms with Crippen molar-refractivity contribution in [2.75, 3.05) is 31.1 Å². The minimum atomic E-state index is -0.130. The van der Waals surface area contributed by atoms with Crippen molar-refractivity contribution in [2.24, 2.45) is 0 Å². The van der Waals surface area contributed by atoms with Gasteiger partial charge in [-0.1, -0.05) is 54.1 Å². The first-order valence-corrected chi connectivity index (χ1v) is 11.9. The number of pyridine rings is 1. The Kier molecular flexibility index (Phi) is 6.59. The van der Waals surface area contributed by atoms with Gasteiger partial charge in [0.05, 0.1) is 11.2 Å². The predicted molar refractivity (Wildman–Crippen MR) is 141 cm³/mol. The maximum atomic E-state index is 13.0. The Balaban J connectivity index is 1.20. The van der Waals surface area contributed by atoms with Crippen molar-refractivity contribution in [3.63, 3.8) is 0 Å². The summed E-state index contributed by atoms with van der Waals surface area (Å²) in [5, 5.41) is 1.76. The fourth-order valence-electron chi connectivity index (χ4n) is 4.23. The molecule has 5 nitrogen and oxygen atoms in total. The molecule has 35 heavy (non-hydrogen) atoms. The van der Waals surface area contributed by atoms with Gasteiger partial charge in [-0.15, -0.1) is 0 Å². The smallest absolute Gasteiger partial charge is 0.253 e. The fraction of sp³-hybridized carbons (Fsp3) is 0.138. The molecule has 2 heterocycles. The number of carbonyl (C=O) groups excluding carboxylic acids is 2. The summed E-state index contributed by atoms with van der Waals surface area (Å²) in [4.78, 5) is 34.2. The van der Waals surface area contributed by atoms with Crippen LogP contribution in [0.1, 0.15) is 26.4 Å². The van der Waals surface area contributed by atoms with Gasteiger partial charge in [-0.25, -0.2) is 4.98 Å². The predicted octanol–water partition coefficient (Wildman–Crippen LogP) is 5.75. The van der Waals surface area contributed by atoms with Gasteiger partial charge < -0.3 is 9.80 Å². The first-order valence-electron chi connectivity index (χ1n) is 11.5. The topological polar surface area (TPSA) is 53.5 Å². The highest BCUT2D eigenvalue weighted by Gasteiger charge is 2.22. The number of allylic oxidation sites excluding steroid dienone is 1. The van der Waals surface area contributed by atoms with E-state index in [1.807, 2.05) is 65.6 Å². The van der Waals surface area contributed by atoms with E-state index in [4.69, 9.17) is 11.6 Å². The van der Waals surface area contributed by atoms with Gasteiger partial charge in [-0.2, -0.15) is 0 Å². The zero-order valence-electron chi connectivity index (χ0n) is 19.1. The third-order valence-electron chi connectivity index (χ3n) is 6.18. The van der Waals surface area contributed by atoms with E-state index in [0.717, 1.165) is 35.4 Å². The number of benzene rings is 3. The van der Waals surface area contributed by atoms with E-state index in [1.165, 1.54) is 6.08 Å². The molecule has 5 rings (SSSR count). The number of halogens is 1. The molecule has 3 aromatic carbocycles. The van der Waals surface area contributed by atoms with Gasteiger partial charge >= 0.3 is 0 Å². The fourth-order valence-corrected chi connectivity index (χ4v) is 4.42. The van der Waals surface area contributed by atoms with E-state index < -0.39 is 0 Å². The van der Waals surface area contributed by atoms with E-state index in [-0.39, 0.29) is 11.7 Å². The standard InChI is InChI=1S/C29H24ClN3O2/c30-24-5-3-6-26(20-24)32-16-18-33(19-17-32)29(35)23-10-8-22(9-11-23)28(34)15-14-25-13-12-21-4-1-2-7-27(21)31-25/h1-15,20H,16-19H2. The molecule has 0 N–H and O–H groups in total. The molecule has 0 spiro atoms. The van der Waals surface area contributed by atoms with Crippen molar-refractivity contribution < 1.29 is 9.59 Å². The van der Waals surface area contributed by atoms with E-state index in [9.17, 15) is 9.59 Å². The third-order valence-corrected chi connectivity index (χ3v) is 6.42. The number of hydrogen-bond acceptors (Lipinski definition) is 4. The third kappa shape index (κ3) is 5.26. The van der Waals surface area contributed by atoms with Crippen LogP contribution in [0.4, 0.5) is 5.69 Å². The number of rotatable bonds is 5. The number of para-hydroxylation sites is 1. The second kappa shape index (κ2) is 10.1. The monoisotopic (exact) mass is 481 g/mol. The van der Waals surface area contributed by atoms with Gasteiger partial charge in [0.15, 0.2) is 5.78 Å². The van der Waals surface area contributed by atoms with Crippen LogP contribution in [0.15, 0.2) is 91.0 Å². The van der Waals surface area contributed by atoms with Crippen molar-refractivity contribution in [1.29, 1.82) is 0 Å². The maximum Gasteiger partial charge on any atom is 0.253 e. The van der Waals surface area contributed by atoms with Gasteiger partial charge in [0.2, 0.25) is 0 Å². The van der Waals surface area contributed by atoms with Crippen molar-refractivity contribution in [3.05, 3.63) is 113 Å². The van der Waals surface area contributed by atoms with Crippen LogP contribution in [0, 0.1) is 0 Å². The molecule has 4 aromatic rings. The Morgan fingerprint density at radius 2 is 1.54 bits per heavy atom. The first-order chi connectivity index (χ1) is 17.1. The lowest BCUT2D eigenvalue weighted by molar-refractivity contribution is 0.0746. The average Bonchev–Trinajstić information content (AvgIpc) is 2.91. The zero-order valence-corrected chi connectivity index (χ0v) is 19.9. The van der Waals surface area contributed by atoms with Crippen LogP contribution in [0.2, 0.25) is 5.02 Å². The molecular formula is C29H24ClN3O2. The maximum absolute atomic E-state index is 13.0. The van der Waals surface area contributed by atoms with Crippen LogP contribution in [-0.2, 0) is 0 Å². The van der Waals surface area contributed by atoms with Crippen LogP contribution in [0.3, 0.4) is 0 Å². The molecule has 0 radical (unpaired) electrons. The molecule has 0 bridgehead atoms. The minimum absolute atomic E-state index is 0.0225. The molecular weight excluding hydrogens is 458 g/mol. The lowest BCUT2D eigenvalue weighted by atomic mass is 10.1. The minimum Gasteiger partial charge on any atom is -0.368 e. The summed E-state index contributed by atoms with van der Waals surface area (Å²) in [7, 11) is 0. The zero-order chi connectivity index (χ0) is 24.2. The number of carbonyl (C=O) groups is 2. The van der Waals surface area contributed by atoms with Gasteiger partial charge in [-0.3, -0.25) is 9.59 Å². The summed E-state index contributed by atoms with van der Waals surface area (Å²) in [6, 6.07) is 26.4. The van der Waals surface area contributed by atoms with Crippen molar-refractivity contribution >= 4 is 46.0 Å². The number of ketones is 1. The van der Waals surface area contributed by atoms with Crippen LogP contribution >= 0.6 is 11.6 Å². The van der Waals surface area contributed by atoms with Crippen molar-refractivity contribution in [1.82, 2.24) is 9.88 Å². The van der Waals surface area contributed by atoms with Gasteiger partial charge in [0, 0.05) is 53.4 Å². The Bertz CT molecular complexity index is 1410. The van der Waals surface area contributed by atoms with E-state index >= 15 is 0 Å². The molecule has 0 unspecified atom stereocenters. The normalized spacial score (nSPS) is 14.0. The average molecular weight is 482 g/mol. The van der Waals surface area contributed by atoms with Crippen LogP contribution in [0.25, 0.3) is 17.0 Å². The number of piperazine rings is 1. The molecule has 1 aliphatic heterocycles. The summed E-state index contributed by atoms with van der Waals surface area (Å²) in [5.74, 6) is -0.153. The molecule has 1 aromatic heterocycles. The number of anilines is 1. The molecule has 0 atom stereocenters. The summed E-state index contributed by atoms with van der Waals surface area (Å²) in [6.07, 6.45) is 3.23. The highest BCUT2D eigenvalue weighted by molar-refractivity contribution is 6.30. The molecule has 1 amide bonds. The highest BCUT2D eigenvalue weighted by Crippen LogP contribution is 2.21. The molecule has 174 valence electrons. The first kappa shape index (κ1) is 22.8.